The molecule has 1 atom stereocenters. The van der Waals surface area contributed by atoms with E-state index in [0.717, 1.165) is 11.3 Å². The van der Waals surface area contributed by atoms with E-state index in [-0.39, 0.29) is 44.7 Å². The Morgan fingerprint density at radius 3 is 2.68 bits per heavy atom. The molecule has 0 bridgehead atoms. The van der Waals surface area contributed by atoms with E-state index in [4.69, 9.17) is 9.15 Å². The first-order valence-corrected chi connectivity index (χ1v) is 11.8. The van der Waals surface area contributed by atoms with E-state index in [0.29, 0.717) is 26.0 Å². The summed E-state index contributed by atoms with van der Waals surface area (Å²) < 4.78 is 11.9. The first-order chi connectivity index (χ1) is 16.2. The molecule has 2 aromatic carbocycles. The number of aryl methyl sites for hydroxylation is 1. The Labute approximate surface area is 205 Å². The van der Waals surface area contributed by atoms with Crippen LogP contribution < -0.4 is 15.1 Å². The number of rotatable bonds is 4. The lowest BCUT2D eigenvalue weighted by Crippen LogP contribution is -2.29. The molecule has 3 heterocycles. The molecule has 34 heavy (non-hydrogen) atoms. The number of methoxy groups -OCH3 is 1. The molecular formula is C24H17BrN2O6S. The van der Waals surface area contributed by atoms with E-state index in [9.17, 15) is 19.5 Å². The van der Waals surface area contributed by atoms with Crippen LogP contribution in [0.15, 0.2) is 50.1 Å². The van der Waals surface area contributed by atoms with Gasteiger partial charge in [-0.3, -0.25) is 19.3 Å². The fraction of sp³-hybridized carbons (Fsp3) is 0.167. The fourth-order valence-corrected chi connectivity index (χ4v) is 5.48. The van der Waals surface area contributed by atoms with Crippen LogP contribution >= 0.6 is 27.3 Å². The number of nitrogens with zero attached hydrogens (tertiary/aromatic N) is 2. The SMILES string of the molecule is COc1cc(C2c3c(oc4ccc(Br)cc4c3=O)C(=O)N2c2nc(C)c(C(C)=O)s2)ccc1O. The van der Waals surface area contributed by atoms with E-state index in [1.54, 1.807) is 37.3 Å². The van der Waals surface area contributed by atoms with Gasteiger partial charge in [-0.15, -0.1) is 0 Å². The second-order valence-electron chi connectivity index (χ2n) is 7.79. The second kappa shape index (κ2) is 8.07. The number of fused-ring (bicyclic) bond motifs is 2. The lowest BCUT2D eigenvalue weighted by Gasteiger charge is -2.23. The summed E-state index contributed by atoms with van der Waals surface area (Å²) >= 11 is 4.45. The Bertz CT molecular complexity index is 1570. The summed E-state index contributed by atoms with van der Waals surface area (Å²) in [6.07, 6.45) is 0. The van der Waals surface area contributed by atoms with Crippen molar-refractivity contribution < 1.29 is 23.8 Å². The van der Waals surface area contributed by atoms with Gasteiger partial charge in [-0.1, -0.05) is 33.3 Å². The molecule has 0 aliphatic carbocycles. The highest BCUT2D eigenvalue weighted by atomic mass is 79.9. The number of ether oxygens (including phenoxy) is 1. The highest BCUT2D eigenvalue weighted by Crippen LogP contribution is 2.44. The minimum absolute atomic E-state index is 0.0826. The molecule has 0 radical (unpaired) electrons. The Hall–Kier alpha value is -3.50. The Balaban J connectivity index is 1.82. The molecule has 1 unspecified atom stereocenters. The van der Waals surface area contributed by atoms with Gasteiger partial charge in [0, 0.05) is 11.4 Å². The van der Waals surface area contributed by atoms with Crippen molar-refractivity contribution in [3.8, 4) is 11.5 Å². The number of phenolic OH excluding ortho intramolecular Hbond substituents is 1. The summed E-state index contributed by atoms with van der Waals surface area (Å²) in [5.41, 5.74) is 1.09. The first kappa shape index (κ1) is 22.3. The van der Waals surface area contributed by atoms with Crippen molar-refractivity contribution in [1.82, 2.24) is 4.98 Å². The first-order valence-electron chi connectivity index (χ1n) is 10.2. The molecular weight excluding hydrogens is 524 g/mol. The quantitative estimate of drug-likeness (QED) is 0.363. The van der Waals surface area contributed by atoms with Crippen molar-refractivity contribution in [2.75, 3.05) is 12.0 Å². The van der Waals surface area contributed by atoms with Crippen LogP contribution in [0.5, 0.6) is 11.5 Å². The summed E-state index contributed by atoms with van der Waals surface area (Å²) in [5.74, 6) is -0.697. The van der Waals surface area contributed by atoms with Crippen LogP contribution in [0.2, 0.25) is 0 Å². The summed E-state index contributed by atoms with van der Waals surface area (Å²) in [5, 5.41) is 10.7. The van der Waals surface area contributed by atoms with Crippen LogP contribution in [-0.4, -0.2) is 28.9 Å². The fourth-order valence-electron chi connectivity index (χ4n) is 4.13. The molecule has 2 aromatic heterocycles. The number of thiazole rings is 1. The summed E-state index contributed by atoms with van der Waals surface area (Å²) in [7, 11) is 1.41. The monoisotopic (exact) mass is 540 g/mol. The van der Waals surface area contributed by atoms with Crippen LogP contribution in [0.3, 0.4) is 0 Å². The molecule has 1 amide bonds. The van der Waals surface area contributed by atoms with Crippen molar-refractivity contribution in [3.05, 3.63) is 78.6 Å². The molecule has 0 saturated heterocycles. The number of amides is 1. The molecule has 1 aliphatic heterocycles. The van der Waals surface area contributed by atoms with E-state index in [1.165, 1.54) is 25.0 Å². The minimum Gasteiger partial charge on any atom is -0.504 e. The van der Waals surface area contributed by atoms with Gasteiger partial charge in [0.05, 0.1) is 34.7 Å². The van der Waals surface area contributed by atoms with Gasteiger partial charge >= 0.3 is 0 Å². The molecule has 8 nitrogen and oxygen atoms in total. The zero-order chi connectivity index (χ0) is 24.3. The minimum atomic E-state index is -0.901. The summed E-state index contributed by atoms with van der Waals surface area (Å²) in [6.45, 7) is 3.13. The van der Waals surface area contributed by atoms with Gasteiger partial charge in [0.25, 0.3) is 5.91 Å². The number of halogens is 1. The predicted molar refractivity (Wildman–Crippen MR) is 130 cm³/mol. The normalized spacial score (nSPS) is 15.1. The van der Waals surface area contributed by atoms with Crippen LogP contribution in [-0.2, 0) is 0 Å². The maximum Gasteiger partial charge on any atom is 0.297 e. The van der Waals surface area contributed by atoms with Gasteiger partial charge in [-0.2, -0.15) is 0 Å². The molecule has 10 heteroatoms. The molecule has 0 spiro atoms. The summed E-state index contributed by atoms with van der Waals surface area (Å²) in [6, 6.07) is 8.69. The smallest absolute Gasteiger partial charge is 0.297 e. The van der Waals surface area contributed by atoms with Crippen molar-refractivity contribution in [1.29, 1.82) is 0 Å². The van der Waals surface area contributed by atoms with Gasteiger partial charge < -0.3 is 14.3 Å². The second-order valence-corrected chi connectivity index (χ2v) is 9.68. The molecule has 4 aromatic rings. The number of benzene rings is 2. The third-order valence-corrected chi connectivity index (χ3v) is 7.41. The number of anilines is 1. The van der Waals surface area contributed by atoms with Gasteiger partial charge in [0.1, 0.15) is 5.58 Å². The van der Waals surface area contributed by atoms with E-state index < -0.39 is 11.9 Å². The van der Waals surface area contributed by atoms with Crippen molar-refractivity contribution >= 4 is 55.1 Å². The number of ketones is 1. The Morgan fingerprint density at radius 1 is 1.24 bits per heavy atom. The summed E-state index contributed by atoms with van der Waals surface area (Å²) in [4.78, 5) is 45.6. The van der Waals surface area contributed by atoms with Gasteiger partial charge in [0.2, 0.25) is 5.76 Å². The van der Waals surface area contributed by atoms with E-state index in [1.807, 2.05) is 0 Å². The lowest BCUT2D eigenvalue weighted by atomic mass is 9.98. The van der Waals surface area contributed by atoms with Crippen LogP contribution in [0, 0.1) is 6.92 Å². The average molecular weight is 541 g/mol. The topological polar surface area (TPSA) is 110 Å². The highest BCUT2D eigenvalue weighted by molar-refractivity contribution is 9.10. The van der Waals surface area contributed by atoms with E-state index >= 15 is 0 Å². The van der Waals surface area contributed by atoms with Crippen LogP contribution in [0.4, 0.5) is 5.13 Å². The molecule has 0 fully saturated rings. The molecule has 1 N–H and O–H groups in total. The largest absolute Gasteiger partial charge is 0.504 e. The third-order valence-electron chi connectivity index (χ3n) is 5.66. The Morgan fingerprint density at radius 2 is 2.00 bits per heavy atom. The molecule has 1 aliphatic rings. The Kier molecular flexibility index (Phi) is 5.29. The number of phenols is 1. The van der Waals surface area contributed by atoms with Crippen molar-refractivity contribution in [3.63, 3.8) is 0 Å². The molecule has 172 valence electrons. The van der Waals surface area contributed by atoms with Gasteiger partial charge in [-0.05, 0) is 42.8 Å². The number of aromatic nitrogens is 1. The predicted octanol–water partition coefficient (Wildman–Crippen LogP) is 4.99. The van der Waals surface area contributed by atoms with Crippen molar-refractivity contribution in [2.45, 2.75) is 19.9 Å². The average Bonchev–Trinajstić information content (AvgIpc) is 3.32. The zero-order valence-corrected chi connectivity index (χ0v) is 20.6. The molecule has 5 rings (SSSR count). The lowest BCUT2D eigenvalue weighted by molar-refractivity contribution is 0.0969. The maximum absolute atomic E-state index is 13.7. The van der Waals surface area contributed by atoms with Crippen LogP contribution in [0.1, 0.15) is 50.0 Å². The van der Waals surface area contributed by atoms with Crippen LogP contribution in [0.25, 0.3) is 11.0 Å². The third kappa shape index (κ3) is 3.33. The molecule has 0 saturated carbocycles. The number of Topliss-reactive ketones (excluding diaryl/α,β-unsaturated/α-hetero) is 1. The van der Waals surface area contributed by atoms with Gasteiger partial charge in [-0.25, -0.2) is 4.98 Å². The zero-order valence-electron chi connectivity index (χ0n) is 18.2. The number of carbonyl (C=O) groups is 2. The number of hydrogen-bond acceptors (Lipinski definition) is 8. The standard InChI is InChI=1S/C24H17BrN2O6S/c1-10-22(11(2)28)34-24(26-10)27-19(12-4-6-15(29)17(8-12)32-3)18-20(30)14-9-13(25)5-7-16(14)33-21(18)23(27)31/h4-9,19,29H,1-3H3. The number of carbonyl (C=O) groups excluding carboxylic acids is 2. The van der Waals surface area contributed by atoms with Crippen molar-refractivity contribution in [2.24, 2.45) is 0 Å². The number of hydrogen-bond donors (Lipinski definition) is 1. The maximum atomic E-state index is 13.7. The number of aromatic hydroxyl groups is 1. The van der Waals surface area contributed by atoms with E-state index in [2.05, 4.69) is 20.9 Å². The highest BCUT2D eigenvalue weighted by Gasteiger charge is 2.45. The van der Waals surface area contributed by atoms with Gasteiger partial charge in [0.15, 0.2) is 27.8 Å².